The zero-order chi connectivity index (χ0) is 14.0. The van der Waals surface area contributed by atoms with Crippen LogP contribution in [0.15, 0.2) is 30.3 Å². The summed E-state index contributed by atoms with van der Waals surface area (Å²) in [5, 5.41) is 10.3. The van der Waals surface area contributed by atoms with Crippen LogP contribution in [-0.2, 0) is 0 Å². The fourth-order valence-corrected chi connectivity index (χ4v) is 2.11. The number of benzene rings is 2. The molecular weight excluding hydrogens is 242 g/mol. The zero-order valence-electron chi connectivity index (χ0n) is 10.8. The molecule has 0 heterocycles. The Labute approximate surface area is 111 Å². The predicted octanol–water partition coefficient (Wildman–Crippen LogP) is 2.77. The molecule has 0 saturated carbocycles. The van der Waals surface area contributed by atoms with Crippen molar-refractivity contribution in [2.45, 2.75) is 6.92 Å². The molecule has 4 nitrogen and oxygen atoms in total. The molecule has 0 atom stereocenters. The molecular formula is C15H15NO3. The third kappa shape index (κ3) is 2.25. The van der Waals surface area contributed by atoms with E-state index in [0.717, 1.165) is 6.29 Å². The van der Waals surface area contributed by atoms with Crippen molar-refractivity contribution in [3.8, 4) is 22.6 Å². The van der Waals surface area contributed by atoms with Gasteiger partial charge < -0.3 is 15.6 Å². The van der Waals surface area contributed by atoms with E-state index in [2.05, 4.69) is 0 Å². The molecule has 2 rings (SSSR count). The SMILES string of the molecule is COc1c(C)cc(C=O)c(-c2ccc(N)cc2)c1O. The number of phenols is 1. The minimum atomic E-state index is -0.0330. The van der Waals surface area contributed by atoms with Gasteiger partial charge in [-0.25, -0.2) is 0 Å². The number of nitrogen functional groups attached to an aromatic ring is 1. The highest BCUT2D eigenvalue weighted by Crippen LogP contribution is 2.41. The summed E-state index contributed by atoms with van der Waals surface area (Å²) in [6, 6.07) is 8.64. The first kappa shape index (κ1) is 13.0. The lowest BCUT2D eigenvalue weighted by Crippen LogP contribution is -1.96. The number of anilines is 1. The monoisotopic (exact) mass is 257 g/mol. The molecule has 0 bridgehead atoms. The molecule has 0 unspecified atom stereocenters. The van der Waals surface area contributed by atoms with Crippen LogP contribution in [0, 0.1) is 6.92 Å². The summed E-state index contributed by atoms with van der Waals surface area (Å²) in [6.07, 6.45) is 0.720. The summed E-state index contributed by atoms with van der Waals surface area (Å²) >= 11 is 0. The van der Waals surface area contributed by atoms with E-state index < -0.39 is 0 Å². The lowest BCUT2D eigenvalue weighted by Gasteiger charge is -2.14. The molecule has 0 aliphatic rings. The number of phenolic OH excluding ortho intramolecular Hbond substituents is 1. The Kier molecular flexibility index (Phi) is 3.42. The number of hydrogen-bond donors (Lipinski definition) is 2. The standard InChI is InChI=1S/C15H15NO3/c1-9-7-11(8-17)13(14(18)15(9)19-2)10-3-5-12(16)6-4-10/h3-8,18H,16H2,1-2H3. The Balaban J connectivity index is 2.73. The number of aryl methyl sites for hydroxylation is 1. The normalized spacial score (nSPS) is 10.2. The van der Waals surface area contributed by atoms with Crippen LogP contribution in [0.1, 0.15) is 15.9 Å². The van der Waals surface area contributed by atoms with Crippen molar-refractivity contribution >= 4 is 12.0 Å². The minimum absolute atomic E-state index is 0.0330. The summed E-state index contributed by atoms with van der Waals surface area (Å²) in [6.45, 7) is 1.78. The van der Waals surface area contributed by atoms with E-state index in [1.54, 1.807) is 37.3 Å². The molecule has 4 heteroatoms. The van der Waals surface area contributed by atoms with Gasteiger partial charge in [-0.15, -0.1) is 0 Å². The lowest BCUT2D eigenvalue weighted by molar-refractivity contribution is 0.112. The Bertz CT molecular complexity index is 618. The fraction of sp³-hybridized carbons (Fsp3) is 0.133. The van der Waals surface area contributed by atoms with Gasteiger partial charge in [0.2, 0.25) is 0 Å². The lowest BCUT2D eigenvalue weighted by atomic mass is 9.96. The largest absolute Gasteiger partial charge is 0.504 e. The third-order valence-electron chi connectivity index (χ3n) is 3.00. The van der Waals surface area contributed by atoms with Gasteiger partial charge in [0.15, 0.2) is 17.8 Å². The van der Waals surface area contributed by atoms with Crippen LogP contribution in [0.25, 0.3) is 11.1 Å². The molecule has 0 aliphatic carbocycles. The maximum absolute atomic E-state index is 11.2. The molecule has 3 N–H and O–H groups in total. The van der Waals surface area contributed by atoms with Gasteiger partial charge in [0.1, 0.15) is 0 Å². The van der Waals surface area contributed by atoms with E-state index >= 15 is 0 Å². The zero-order valence-corrected chi connectivity index (χ0v) is 10.8. The van der Waals surface area contributed by atoms with Crippen molar-refractivity contribution in [3.05, 3.63) is 41.5 Å². The number of ether oxygens (including phenoxy) is 1. The molecule has 2 aromatic carbocycles. The molecule has 0 aromatic heterocycles. The minimum Gasteiger partial charge on any atom is -0.504 e. The summed E-state index contributed by atoms with van der Waals surface area (Å²) in [7, 11) is 1.48. The molecule has 0 amide bonds. The fourth-order valence-electron chi connectivity index (χ4n) is 2.11. The average Bonchev–Trinajstić information content (AvgIpc) is 2.40. The first-order valence-corrected chi connectivity index (χ1v) is 5.80. The number of hydrogen-bond acceptors (Lipinski definition) is 4. The summed E-state index contributed by atoms with van der Waals surface area (Å²) in [4.78, 5) is 11.2. The first-order valence-electron chi connectivity index (χ1n) is 5.80. The second-order valence-corrected chi connectivity index (χ2v) is 4.28. The van der Waals surface area contributed by atoms with Gasteiger partial charge in [-0.1, -0.05) is 12.1 Å². The second kappa shape index (κ2) is 5.02. The quantitative estimate of drug-likeness (QED) is 0.655. The average molecular weight is 257 g/mol. The second-order valence-electron chi connectivity index (χ2n) is 4.28. The number of rotatable bonds is 3. The highest BCUT2D eigenvalue weighted by atomic mass is 16.5. The number of methoxy groups -OCH3 is 1. The smallest absolute Gasteiger partial charge is 0.166 e. The Hall–Kier alpha value is -2.49. The number of aromatic hydroxyl groups is 1. The van der Waals surface area contributed by atoms with Gasteiger partial charge in [-0.3, -0.25) is 4.79 Å². The summed E-state index contributed by atoms with van der Waals surface area (Å²) < 4.78 is 5.17. The molecule has 98 valence electrons. The van der Waals surface area contributed by atoms with Crippen molar-refractivity contribution in [3.63, 3.8) is 0 Å². The highest BCUT2D eigenvalue weighted by molar-refractivity contribution is 5.92. The summed E-state index contributed by atoms with van der Waals surface area (Å²) in [5.41, 5.74) is 8.55. The van der Waals surface area contributed by atoms with E-state index in [0.29, 0.717) is 33.7 Å². The number of nitrogens with two attached hydrogens (primary N) is 1. The van der Waals surface area contributed by atoms with Crippen LogP contribution in [0.3, 0.4) is 0 Å². The van der Waals surface area contributed by atoms with Crippen LogP contribution >= 0.6 is 0 Å². The van der Waals surface area contributed by atoms with Gasteiger partial charge >= 0.3 is 0 Å². The number of aldehydes is 1. The van der Waals surface area contributed by atoms with Crippen molar-refractivity contribution in [1.29, 1.82) is 0 Å². The van der Waals surface area contributed by atoms with Gasteiger partial charge in [0.25, 0.3) is 0 Å². The van der Waals surface area contributed by atoms with Crippen LogP contribution in [0.2, 0.25) is 0 Å². The molecule has 0 aliphatic heterocycles. The van der Waals surface area contributed by atoms with E-state index in [4.69, 9.17) is 10.5 Å². The first-order chi connectivity index (χ1) is 9.08. The van der Waals surface area contributed by atoms with Crippen LogP contribution in [0.5, 0.6) is 11.5 Å². The van der Waals surface area contributed by atoms with Gasteiger partial charge in [-0.2, -0.15) is 0 Å². The van der Waals surface area contributed by atoms with Crippen LogP contribution in [0.4, 0.5) is 5.69 Å². The highest BCUT2D eigenvalue weighted by Gasteiger charge is 2.17. The molecule has 19 heavy (non-hydrogen) atoms. The van der Waals surface area contributed by atoms with Crippen molar-refractivity contribution in [2.24, 2.45) is 0 Å². The number of carbonyl (C=O) groups excluding carboxylic acids is 1. The van der Waals surface area contributed by atoms with Crippen molar-refractivity contribution in [2.75, 3.05) is 12.8 Å². The molecule has 0 spiro atoms. The topological polar surface area (TPSA) is 72.5 Å². The molecule has 0 fully saturated rings. The number of carbonyl (C=O) groups is 1. The Morgan fingerprint density at radius 2 is 1.89 bits per heavy atom. The predicted molar refractivity (Wildman–Crippen MR) is 74.6 cm³/mol. The van der Waals surface area contributed by atoms with E-state index in [9.17, 15) is 9.90 Å². The Morgan fingerprint density at radius 3 is 2.42 bits per heavy atom. The van der Waals surface area contributed by atoms with E-state index in [1.165, 1.54) is 7.11 Å². The van der Waals surface area contributed by atoms with Crippen molar-refractivity contribution in [1.82, 2.24) is 0 Å². The van der Waals surface area contributed by atoms with Crippen LogP contribution in [-0.4, -0.2) is 18.5 Å². The molecule has 0 saturated heterocycles. The maximum atomic E-state index is 11.2. The third-order valence-corrected chi connectivity index (χ3v) is 3.00. The maximum Gasteiger partial charge on any atom is 0.166 e. The summed E-state index contributed by atoms with van der Waals surface area (Å²) in [5.74, 6) is 0.340. The van der Waals surface area contributed by atoms with Crippen LogP contribution < -0.4 is 10.5 Å². The van der Waals surface area contributed by atoms with Gasteiger partial charge in [0.05, 0.1) is 7.11 Å². The van der Waals surface area contributed by atoms with E-state index in [-0.39, 0.29) is 5.75 Å². The molecule has 2 aromatic rings. The van der Waals surface area contributed by atoms with Gasteiger partial charge in [-0.05, 0) is 36.2 Å². The van der Waals surface area contributed by atoms with Gasteiger partial charge in [0, 0.05) is 16.8 Å². The van der Waals surface area contributed by atoms with E-state index in [1.807, 2.05) is 0 Å². The molecule has 0 radical (unpaired) electrons. The Morgan fingerprint density at radius 1 is 1.26 bits per heavy atom. The van der Waals surface area contributed by atoms with Crippen molar-refractivity contribution < 1.29 is 14.6 Å².